The third-order valence-electron chi connectivity index (χ3n) is 4.63. The first-order valence-corrected chi connectivity index (χ1v) is 8.13. The maximum Gasteiger partial charge on any atom is 0.248 e. The average molecular weight is 337 g/mol. The zero-order chi connectivity index (χ0) is 17.2. The van der Waals surface area contributed by atoms with Gasteiger partial charge in [-0.25, -0.2) is 0 Å². The standard InChI is InChI=1S/C16H23N3O5/c1-11-5-14(24-18-11)8-23-9-15(21)19-6-13-7-22-4-3-16(13,10-19)17-12(2)20/h5,13H,3-4,6-10H2,1-2H3,(H,17,20)/t13-,16+/m0/s1. The monoisotopic (exact) mass is 337 g/mol. The van der Waals surface area contributed by atoms with Crippen molar-refractivity contribution < 1.29 is 23.6 Å². The van der Waals surface area contributed by atoms with E-state index in [1.54, 1.807) is 11.0 Å². The molecule has 132 valence electrons. The highest BCUT2D eigenvalue weighted by molar-refractivity contribution is 5.79. The van der Waals surface area contributed by atoms with Gasteiger partial charge >= 0.3 is 0 Å². The van der Waals surface area contributed by atoms with E-state index in [1.807, 2.05) is 6.92 Å². The van der Waals surface area contributed by atoms with Gasteiger partial charge in [0.15, 0.2) is 5.76 Å². The highest BCUT2D eigenvalue weighted by Gasteiger charge is 2.50. The fraction of sp³-hybridized carbons (Fsp3) is 0.688. The molecule has 0 aromatic carbocycles. The number of likely N-dealkylation sites (tertiary alicyclic amines) is 1. The van der Waals surface area contributed by atoms with Crippen LogP contribution in [-0.4, -0.2) is 60.3 Å². The van der Waals surface area contributed by atoms with Gasteiger partial charge in [-0.3, -0.25) is 9.59 Å². The van der Waals surface area contributed by atoms with Gasteiger partial charge in [-0.15, -0.1) is 0 Å². The number of carbonyl (C=O) groups excluding carboxylic acids is 2. The first-order valence-electron chi connectivity index (χ1n) is 8.13. The Bertz CT molecular complexity index is 617. The van der Waals surface area contributed by atoms with E-state index < -0.39 is 0 Å². The topological polar surface area (TPSA) is 93.9 Å². The highest BCUT2D eigenvalue weighted by Crippen LogP contribution is 2.34. The largest absolute Gasteiger partial charge is 0.381 e. The minimum absolute atomic E-state index is 0.0243. The van der Waals surface area contributed by atoms with E-state index in [1.165, 1.54) is 6.92 Å². The molecule has 24 heavy (non-hydrogen) atoms. The molecule has 8 heteroatoms. The van der Waals surface area contributed by atoms with Crippen molar-refractivity contribution in [2.45, 2.75) is 32.4 Å². The summed E-state index contributed by atoms with van der Waals surface area (Å²) in [5.74, 6) is 0.549. The molecule has 0 bridgehead atoms. The number of ether oxygens (including phenoxy) is 2. The van der Waals surface area contributed by atoms with Gasteiger partial charge in [0.25, 0.3) is 0 Å². The zero-order valence-electron chi connectivity index (χ0n) is 14.0. The number of nitrogens with one attached hydrogen (secondary N) is 1. The van der Waals surface area contributed by atoms with Crippen molar-refractivity contribution in [2.75, 3.05) is 32.9 Å². The Hall–Kier alpha value is -1.93. The zero-order valence-corrected chi connectivity index (χ0v) is 14.0. The molecule has 2 saturated heterocycles. The van der Waals surface area contributed by atoms with Crippen molar-refractivity contribution in [3.05, 3.63) is 17.5 Å². The van der Waals surface area contributed by atoms with E-state index in [0.717, 1.165) is 12.1 Å². The summed E-state index contributed by atoms with van der Waals surface area (Å²) >= 11 is 0. The number of aryl methyl sites for hydroxylation is 1. The molecule has 2 aliphatic rings. The predicted molar refractivity (Wildman–Crippen MR) is 82.9 cm³/mol. The van der Waals surface area contributed by atoms with Gasteiger partial charge in [-0.05, 0) is 13.3 Å². The van der Waals surface area contributed by atoms with Crippen LogP contribution in [0.2, 0.25) is 0 Å². The normalized spacial score (nSPS) is 26.2. The summed E-state index contributed by atoms with van der Waals surface area (Å²) in [6.45, 7) is 5.76. The number of aromatic nitrogens is 1. The molecule has 2 amide bonds. The second kappa shape index (κ2) is 6.90. The number of amides is 2. The first kappa shape index (κ1) is 16.9. The van der Waals surface area contributed by atoms with E-state index in [-0.39, 0.29) is 36.5 Å². The maximum absolute atomic E-state index is 12.4. The number of nitrogens with zero attached hydrogens (tertiary/aromatic N) is 2. The molecule has 1 N–H and O–H groups in total. The highest BCUT2D eigenvalue weighted by atomic mass is 16.5. The van der Waals surface area contributed by atoms with Crippen molar-refractivity contribution in [3.8, 4) is 0 Å². The second-order valence-electron chi connectivity index (χ2n) is 6.56. The molecule has 0 aliphatic carbocycles. The molecule has 0 saturated carbocycles. The Kier molecular flexibility index (Phi) is 4.86. The number of rotatable bonds is 5. The van der Waals surface area contributed by atoms with Gasteiger partial charge < -0.3 is 24.2 Å². The Balaban J connectivity index is 1.54. The molecule has 3 rings (SSSR count). The third-order valence-corrected chi connectivity index (χ3v) is 4.63. The smallest absolute Gasteiger partial charge is 0.248 e. The van der Waals surface area contributed by atoms with Crippen LogP contribution in [0.5, 0.6) is 0 Å². The SMILES string of the molecule is CC(=O)N[C@@]12CCOC[C@@H]1CN(C(=O)COCc1cc(C)no1)C2. The summed E-state index contributed by atoms with van der Waals surface area (Å²) < 4.78 is 16.0. The lowest BCUT2D eigenvalue weighted by Gasteiger charge is -2.38. The van der Waals surface area contributed by atoms with Gasteiger partial charge in [0.1, 0.15) is 13.2 Å². The number of hydrogen-bond donors (Lipinski definition) is 1. The maximum atomic E-state index is 12.4. The van der Waals surface area contributed by atoms with Crippen LogP contribution in [0.1, 0.15) is 24.8 Å². The molecule has 0 spiro atoms. The number of hydrogen-bond acceptors (Lipinski definition) is 6. The minimum atomic E-state index is -0.373. The van der Waals surface area contributed by atoms with Crippen molar-refractivity contribution in [2.24, 2.45) is 5.92 Å². The first-order chi connectivity index (χ1) is 11.5. The van der Waals surface area contributed by atoms with Crippen LogP contribution < -0.4 is 5.32 Å². The summed E-state index contributed by atoms with van der Waals surface area (Å²) in [4.78, 5) is 25.7. The van der Waals surface area contributed by atoms with Gasteiger partial charge in [0.05, 0.1) is 17.8 Å². The van der Waals surface area contributed by atoms with Crippen LogP contribution in [-0.2, 0) is 25.7 Å². The van der Waals surface area contributed by atoms with Gasteiger partial charge in [-0.2, -0.15) is 0 Å². The van der Waals surface area contributed by atoms with E-state index in [2.05, 4.69) is 10.5 Å². The van der Waals surface area contributed by atoms with Crippen LogP contribution in [0.4, 0.5) is 0 Å². The summed E-state index contributed by atoms with van der Waals surface area (Å²) in [5.41, 5.74) is 0.405. The van der Waals surface area contributed by atoms with Crippen molar-refractivity contribution in [1.29, 1.82) is 0 Å². The Morgan fingerprint density at radius 2 is 2.38 bits per heavy atom. The number of carbonyl (C=O) groups is 2. The predicted octanol–water partition coefficient (Wildman–Crippen LogP) is 0.253. The van der Waals surface area contributed by atoms with Crippen molar-refractivity contribution >= 4 is 11.8 Å². The lowest BCUT2D eigenvalue weighted by molar-refractivity contribution is -0.136. The fourth-order valence-electron chi connectivity index (χ4n) is 3.51. The van der Waals surface area contributed by atoms with E-state index in [4.69, 9.17) is 14.0 Å². The van der Waals surface area contributed by atoms with Crippen LogP contribution in [0.15, 0.2) is 10.6 Å². The van der Waals surface area contributed by atoms with Crippen LogP contribution in [0.3, 0.4) is 0 Å². The lowest BCUT2D eigenvalue weighted by atomic mass is 9.83. The quantitative estimate of drug-likeness (QED) is 0.828. The van der Waals surface area contributed by atoms with E-state index in [9.17, 15) is 9.59 Å². The number of fused-ring (bicyclic) bond motifs is 1. The molecule has 2 fully saturated rings. The van der Waals surface area contributed by atoms with E-state index >= 15 is 0 Å². The molecule has 2 atom stereocenters. The third kappa shape index (κ3) is 3.59. The second-order valence-corrected chi connectivity index (χ2v) is 6.56. The Morgan fingerprint density at radius 1 is 1.54 bits per heavy atom. The Labute approximate surface area is 140 Å². The van der Waals surface area contributed by atoms with Gasteiger partial charge in [0.2, 0.25) is 11.8 Å². The molecule has 0 radical (unpaired) electrons. The van der Waals surface area contributed by atoms with Gasteiger partial charge in [-0.1, -0.05) is 5.16 Å². The molecular formula is C16H23N3O5. The molecule has 3 heterocycles. The molecule has 0 unspecified atom stereocenters. The lowest BCUT2D eigenvalue weighted by Crippen LogP contribution is -2.57. The van der Waals surface area contributed by atoms with Crippen LogP contribution in [0.25, 0.3) is 0 Å². The molecule has 8 nitrogen and oxygen atoms in total. The molecular weight excluding hydrogens is 314 g/mol. The molecule has 1 aromatic rings. The van der Waals surface area contributed by atoms with E-state index in [0.29, 0.717) is 32.1 Å². The van der Waals surface area contributed by atoms with Crippen LogP contribution in [0, 0.1) is 12.8 Å². The van der Waals surface area contributed by atoms with Gasteiger partial charge in [0, 0.05) is 38.6 Å². The average Bonchev–Trinajstić information content (AvgIpc) is 3.10. The minimum Gasteiger partial charge on any atom is -0.381 e. The molecule has 2 aliphatic heterocycles. The fourth-order valence-corrected chi connectivity index (χ4v) is 3.51. The summed E-state index contributed by atoms with van der Waals surface area (Å²) in [6.07, 6.45) is 0.721. The summed E-state index contributed by atoms with van der Waals surface area (Å²) in [7, 11) is 0. The Morgan fingerprint density at radius 3 is 3.08 bits per heavy atom. The molecule has 1 aromatic heterocycles. The summed E-state index contributed by atoms with van der Waals surface area (Å²) in [6, 6.07) is 1.78. The van der Waals surface area contributed by atoms with Crippen LogP contribution >= 0.6 is 0 Å². The van der Waals surface area contributed by atoms with Crippen molar-refractivity contribution in [3.63, 3.8) is 0 Å². The van der Waals surface area contributed by atoms with Crippen molar-refractivity contribution in [1.82, 2.24) is 15.4 Å². The summed E-state index contributed by atoms with van der Waals surface area (Å²) in [5, 5.41) is 6.82.